The fourth-order valence-corrected chi connectivity index (χ4v) is 3.97. The van der Waals surface area contributed by atoms with Crippen LogP contribution in [0.3, 0.4) is 0 Å². The van der Waals surface area contributed by atoms with E-state index in [0.717, 1.165) is 27.5 Å². The van der Waals surface area contributed by atoms with Gasteiger partial charge >= 0.3 is 0 Å². The van der Waals surface area contributed by atoms with Crippen molar-refractivity contribution in [2.75, 3.05) is 11.1 Å². The molecule has 1 amide bonds. The number of aryl methyl sites for hydroxylation is 1. The van der Waals surface area contributed by atoms with E-state index in [2.05, 4.69) is 25.5 Å². The quantitative estimate of drug-likeness (QED) is 0.397. The number of nitrogens with zero attached hydrogens (tertiary/aromatic N) is 3. The Balaban J connectivity index is 1.35. The fourth-order valence-electron chi connectivity index (χ4n) is 2.63. The van der Waals surface area contributed by atoms with Gasteiger partial charge in [0.15, 0.2) is 5.82 Å². The van der Waals surface area contributed by atoms with E-state index < -0.39 is 0 Å². The highest BCUT2D eigenvalue weighted by atomic mass is 35.5. The number of anilines is 1. The molecular formula is C20H16ClN5OS2. The maximum Gasteiger partial charge on any atom is 0.234 e. The molecule has 146 valence electrons. The van der Waals surface area contributed by atoms with Crippen LogP contribution in [0.5, 0.6) is 0 Å². The number of aromatic amines is 1. The second kappa shape index (κ2) is 8.77. The first kappa shape index (κ1) is 19.6. The molecule has 2 N–H and O–H groups in total. The minimum atomic E-state index is -0.126. The fraction of sp³-hybridized carbons (Fsp3) is 0.100. The van der Waals surface area contributed by atoms with Crippen molar-refractivity contribution in [3.8, 4) is 22.6 Å². The number of halogens is 1. The van der Waals surface area contributed by atoms with Crippen LogP contribution in [0.1, 0.15) is 5.01 Å². The number of carbonyl (C=O) groups is 1. The van der Waals surface area contributed by atoms with Crippen molar-refractivity contribution >= 4 is 46.3 Å². The molecule has 0 saturated heterocycles. The third kappa shape index (κ3) is 5.03. The van der Waals surface area contributed by atoms with Crippen LogP contribution < -0.4 is 5.32 Å². The van der Waals surface area contributed by atoms with Gasteiger partial charge in [0.2, 0.25) is 11.1 Å². The first-order valence-electron chi connectivity index (χ1n) is 8.70. The summed E-state index contributed by atoms with van der Waals surface area (Å²) >= 11 is 8.77. The number of carbonyl (C=O) groups excluding carboxylic acids is 1. The number of hydrogen-bond acceptors (Lipinski definition) is 6. The van der Waals surface area contributed by atoms with Crippen LogP contribution >= 0.6 is 34.7 Å². The molecule has 0 radical (unpaired) electrons. The summed E-state index contributed by atoms with van der Waals surface area (Å²) in [5.74, 6) is 0.716. The summed E-state index contributed by atoms with van der Waals surface area (Å²) in [5, 5.41) is 14.1. The summed E-state index contributed by atoms with van der Waals surface area (Å²) in [7, 11) is 0. The Morgan fingerprint density at radius 2 is 2.00 bits per heavy atom. The Morgan fingerprint density at radius 1 is 1.17 bits per heavy atom. The summed E-state index contributed by atoms with van der Waals surface area (Å²) in [6.07, 6.45) is 0. The lowest BCUT2D eigenvalue weighted by atomic mass is 10.1. The smallest absolute Gasteiger partial charge is 0.234 e. The normalized spacial score (nSPS) is 10.8. The topological polar surface area (TPSA) is 83.6 Å². The second-order valence-corrected chi connectivity index (χ2v) is 8.58. The van der Waals surface area contributed by atoms with Gasteiger partial charge in [0, 0.05) is 27.2 Å². The molecule has 0 spiro atoms. The molecule has 4 aromatic rings. The second-order valence-electron chi connectivity index (χ2n) is 6.14. The van der Waals surface area contributed by atoms with Crippen molar-refractivity contribution < 1.29 is 4.79 Å². The van der Waals surface area contributed by atoms with Crippen LogP contribution in [-0.2, 0) is 4.79 Å². The zero-order chi connectivity index (χ0) is 20.2. The van der Waals surface area contributed by atoms with Crippen LogP contribution in [0.15, 0.2) is 59.1 Å². The molecule has 0 bridgehead atoms. The summed E-state index contributed by atoms with van der Waals surface area (Å²) in [6.45, 7) is 1.97. The third-order valence-electron chi connectivity index (χ3n) is 3.98. The van der Waals surface area contributed by atoms with Crippen molar-refractivity contribution in [1.82, 2.24) is 20.2 Å². The predicted molar refractivity (Wildman–Crippen MR) is 118 cm³/mol. The number of rotatable bonds is 6. The zero-order valence-corrected chi connectivity index (χ0v) is 17.7. The molecule has 29 heavy (non-hydrogen) atoms. The van der Waals surface area contributed by atoms with Crippen molar-refractivity contribution in [2.45, 2.75) is 12.1 Å². The van der Waals surface area contributed by atoms with Crippen LogP contribution in [0.2, 0.25) is 5.02 Å². The summed E-state index contributed by atoms with van der Waals surface area (Å²) in [5.41, 5.74) is 3.50. The molecular weight excluding hydrogens is 426 g/mol. The lowest BCUT2D eigenvalue weighted by Gasteiger charge is -2.06. The lowest BCUT2D eigenvalue weighted by molar-refractivity contribution is -0.113. The van der Waals surface area contributed by atoms with Crippen molar-refractivity contribution in [2.24, 2.45) is 0 Å². The van der Waals surface area contributed by atoms with E-state index in [1.807, 2.05) is 48.7 Å². The highest BCUT2D eigenvalue weighted by Gasteiger charge is 2.10. The van der Waals surface area contributed by atoms with Crippen molar-refractivity contribution in [3.05, 3.63) is 63.9 Å². The molecule has 0 atom stereocenters. The van der Waals surface area contributed by atoms with E-state index in [4.69, 9.17) is 11.6 Å². The molecule has 0 aliphatic heterocycles. The standard InChI is InChI=1S/C20H16ClN5OS2/c1-12-22-17(10-28-12)14-3-2-4-16(9-14)23-18(27)11-29-20-24-19(25-26-20)13-5-7-15(21)8-6-13/h2-10H,11H2,1H3,(H,23,27)(H,24,25,26). The van der Waals surface area contributed by atoms with E-state index in [9.17, 15) is 4.79 Å². The number of benzene rings is 2. The van der Waals surface area contributed by atoms with Crippen molar-refractivity contribution in [3.63, 3.8) is 0 Å². The number of amides is 1. The highest BCUT2D eigenvalue weighted by molar-refractivity contribution is 7.99. The van der Waals surface area contributed by atoms with Gasteiger partial charge in [-0.25, -0.2) is 9.97 Å². The molecule has 4 rings (SSSR count). The third-order valence-corrected chi connectivity index (χ3v) is 5.85. The van der Waals surface area contributed by atoms with Gasteiger partial charge in [-0.2, -0.15) is 0 Å². The maximum absolute atomic E-state index is 12.3. The molecule has 0 fully saturated rings. The van der Waals surface area contributed by atoms with E-state index >= 15 is 0 Å². The van der Waals surface area contributed by atoms with Crippen LogP contribution in [0.4, 0.5) is 5.69 Å². The molecule has 9 heteroatoms. The lowest BCUT2D eigenvalue weighted by Crippen LogP contribution is -2.14. The van der Waals surface area contributed by atoms with Crippen LogP contribution in [0.25, 0.3) is 22.6 Å². The molecule has 6 nitrogen and oxygen atoms in total. The molecule has 0 aliphatic rings. The van der Waals surface area contributed by atoms with Gasteiger partial charge in [-0.05, 0) is 43.3 Å². The monoisotopic (exact) mass is 441 g/mol. The largest absolute Gasteiger partial charge is 0.325 e. The highest BCUT2D eigenvalue weighted by Crippen LogP contribution is 2.25. The summed E-state index contributed by atoms with van der Waals surface area (Å²) in [4.78, 5) is 21.2. The number of thioether (sulfide) groups is 1. The number of hydrogen-bond donors (Lipinski definition) is 2. The van der Waals surface area contributed by atoms with E-state index in [1.165, 1.54) is 11.8 Å². The Labute approximate surface area is 180 Å². The Kier molecular flexibility index (Phi) is 5.94. The average Bonchev–Trinajstić information content (AvgIpc) is 3.36. The number of thiazole rings is 1. The van der Waals surface area contributed by atoms with Gasteiger partial charge in [-0.3, -0.25) is 9.89 Å². The molecule has 0 aliphatic carbocycles. The zero-order valence-electron chi connectivity index (χ0n) is 15.3. The molecule has 2 aromatic carbocycles. The van der Waals surface area contributed by atoms with Gasteiger partial charge in [-0.15, -0.1) is 16.4 Å². The first-order valence-corrected chi connectivity index (χ1v) is 10.9. The summed E-state index contributed by atoms with van der Waals surface area (Å²) < 4.78 is 0. The number of aromatic nitrogens is 4. The Bertz CT molecular complexity index is 1140. The van der Waals surface area contributed by atoms with Crippen LogP contribution in [-0.4, -0.2) is 31.8 Å². The predicted octanol–water partition coefficient (Wildman–Crippen LogP) is 5.29. The Morgan fingerprint density at radius 3 is 2.76 bits per heavy atom. The van der Waals surface area contributed by atoms with Gasteiger partial charge in [0.1, 0.15) is 0 Å². The van der Waals surface area contributed by atoms with E-state index in [-0.39, 0.29) is 11.7 Å². The minimum Gasteiger partial charge on any atom is -0.325 e. The first-order chi connectivity index (χ1) is 14.1. The molecule has 0 saturated carbocycles. The number of H-pyrrole nitrogens is 1. The minimum absolute atomic E-state index is 0.126. The average molecular weight is 442 g/mol. The maximum atomic E-state index is 12.3. The van der Waals surface area contributed by atoms with Gasteiger partial charge < -0.3 is 5.32 Å². The van der Waals surface area contributed by atoms with E-state index in [1.54, 1.807) is 23.5 Å². The van der Waals surface area contributed by atoms with Gasteiger partial charge in [-0.1, -0.05) is 35.5 Å². The van der Waals surface area contributed by atoms with Crippen molar-refractivity contribution in [1.29, 1.82) is 0 Å². The molecule has 0 unspecified atom stereocenters. The van der Waals surface area contributed by atoms with Gasteiger partial charge in [0.05, 0.1) is 16.5 Å². The van der Waals surface area contributed by atoms with E-state index in [0.29, 0.717) is 16.0 Å². The summed E-state index contributed by atoms with van der Waals surface area (Å²) in [6, 6.07) is 15.0. The van der Waals surface area contributed by atoms with Crippen LogP contribution in [0, 0.1) is 6.92 Å². The number of nitrogens with one attached hydrogen (secondary N) is 2. The Hall–Kier alpha value is -2.68. The SMILES string of the molecule is Cc1nc(-c2cccc(NC(=O)CSc3n[nH]c(-c4ccc(Cl)cc4)n3)c2)cs1. The molecule has 2 aromatic heterocycles. The van der Waals surface area contributed by atoms with Gasteiger partial charge in [0.25, 0.3) is 0 Å². The molecule has 2 heterocycles.